The van der Waals surface area contributed by atoms with Gasteiger partial charge in [-0.1, -0.05) is 23.7 Å². The van der Waals surface area contributed by atoms with Crippen LogP contribution in [0.2, 0.25) is 5.02 Å². The van der Waals surface area contributed by atoms with Crippen LogP contribution in [0.3, 0.4) is 0 Å². The highest BCUT2D eigenvalue weighted by Gasteiger charge is 2.14. The van der Waals surface area contributed by atoms with Crippen molar-refractivity contribution >= 4 is 38.9 Å². The molecule has 0 aromatic heterocycles. The zero-order valence-corrected chi connectivity index (χ0v) is 12.4. The van der Waals surface area contributed by atoms with Gasteiger partial charge in [-0.3, -0.25) is 10.1 Å². The van der Waals surface area contributed by atoms with Crippen molar-refractivity contribution in [1.29, 1.82) is 0 Å². The molecule has 0 fully saturated rings. The first-order valence-electron chi connectivity index (χ1n) is 5.59. The number of nitrogens with zero attached hydrogens (tertiary/aromatic N) is 1. The van der Waals surface area contributed by atoms with Crippen molar-refractivity contribution in [3.63, 3.8) is 0 Å². The smallest absolute Gasteiger partial charge is 0.283 e. The highest BCUT2D eigenvalue weighted by atomic mass is 79.9. The normalized spacial score (nSPS) is 10.3. The van der Waals surface area contributed by atoms with Crippen LogP contribution in [0.5, 0.6) is 0 Å². The molecule has 0 radical (unpaired) electrons. The third-order valence-corrected chi connectivity index (χ3v) is 3.73. The van der Waals surface area contributed by atoms with Gasteiger partial charge in [0.1, 0.15) is 10.3 Å². The number of nitrogens with one attached hydrogen (secondary N) is 1. The van der Waals surface area contributed by atoms with E-state index < -0.39 is 10.7 Å². The average Bonchev–Trinajstić information content (AvgIpc) is 2.36. The second kappa shape index (κ2) is 6.19. The van der Waals surface area contributed by atoms with Gasteiger partial charge in [0.25, 0.3) is 5.69 Å². The minimum absolute atomic E-state index is 0.0124. The van der Waals surface area contributed by atoms with Gasteiger partial charge in [-0.15, -0.1) is 0 Å². The lowest BCUT2D eigenvalue weighted by Gasteiger charge is -2.09. The minimum Gasteiger partial charge on any atom is -0.381 e. The van der Waals surface area contributed by atoms with E-state index in [9.17, 15) is 14.5 Å². The molecule has 0 saturated carbocycles. The van der Waals surface area contributed by atoms with Crippen molar-refractivity contribution < 1.29 is 9.31 Å². The van der Waals surface area contributed by atoms with Crippen LogP contribution in [-0.2, 0) is 6.54 Å². The Bertz CT molecular complexity index is 647. The van der Waals surface area contributed by atoms with E-state index in [2.05, 4.69) is 21.2 Å². The van der Waals surface area contributed by atoms with Crippen LogP contribution in [0.25, 0.3) is 0 Å². The summed E-state index contributed by atoms with van der Waals surface area (Å²) in [6.45, 7) is 0.308. The third-order valence-electron chi connectivity index (χ3n) is 2.60. The number of nitro benzene ring substituents is 1. The number of hydrogen-bond acceptors (Lipinski definition) is 3. The highest BCUT2D eigenvalue weighted by Crippen LogP contribution is 2.29. The van der Waals surface area contributed by atoms with E-state index in [0.717, 1.165) is 0 Å². The minimum atomic E-state index is -0.466. The van der Waals surface area contributed by atoms with Crippen LogP contribution in [0.4, 0.5) is 15.8 Å². The van der Waals surface area contributed by atoms with E-state index in [1.807, 2.05) is 0 Å². The van der Waals surface area contributed by atoms with Crippen molar-refractivity contribution in [3.05, 3.63) is 67.4 Å². The summed E-state index contributed by atoms with van der Waals surface area (Å²) < 4.78 is 13.6. The van der Waals surface area contributed by atoms with Gasteiger partial charge in [0.15, 0.2) is 0 Å². The van der Waals surface area contributed by atoms with E-state index in [1.54, 1.807) is 18.2 Å². The van der Waals surface area contributed by atoms with E-state index >= 15 is 0 Å². The van der Waals surface area contributed by atoms with Crippen LogP contribution in [-0.4, -0.2) is 4.92 Å². The second-order valence-corrected chi connectivity index (χ2v) is 5.25. The Morgan fingerprint density at radius 1 is 1.35 bits per heavy atom. The Morgan fingerprint density at radius 2 is 2.10 bits per heavy atom. The molecule has 2 rings (SSSR count). The van der Waals surface area contributed by atoms with Gasteiger partial charge in [0.2, 0.25) is 0 Å². The molecule has 2 aromatic carbocycles. The van der Waals surface area contributed by atoms with Crippen molar-refractivity contribution in [1.82, 2.24) is 0 Å². The molecule has 0 atom stereocenters. The molecule has 0 aliphatic rings. The monoisotopic (exact) mass is 358 g/mol. The fourth-order valence-corrected chi connectivity index (χ4v) is 2.47. The van der Waals surface area contributed by atoms with Crippen LogP contribution in [0, 0.1) is 15.9 Å². The van der Waals surface area contributed by atoms with Crippen molar-refractivity contribution in [2.24, 2.45) is 0 Å². The number of rotatable bonds is 4. The van der Waals surface area contributed by atoms with Crippen LogP contribution < -0.4 is 5.32 Å². The number of benzene rings is 2. The fraction of sp³-hybridized carbons (Fsp3) is 0.0769. The Morgan fingerprint density at radius 3 is 2.75 bits per heavy atom. The molecule has 104 valence electrons. The summed E-state index contributed by atoms with van der Waals surface area (Å²) in [6, 6.07) is 8.83. The lowest BCUT2D eigenvalue weighted by atomic mass is 10.2. The summed E-state index contributed by atoms with van der Waals surface area (Å²) in [5.41, 5.74) is 1.19. The summed E-state index contributed by atoms with van der Waals surface area (Å²) >= 11 is 8.95. The number of nitro groups is 1. The third kappa shape index (κ3) is 3.46. The van der Waals surface area contributed by atoms with Crippen LogP contribution in [0.1, 0.15) is 5.56 Å². The summed E-state index contributed by atoms with van der Waals surface area (Å²) in [5, 5.41) is 14.1. The van der Waals surface area contributed by atoms with Gasteiger partial charge in [0.05, 0.1) is 4.92 Å². The Balaban J connectivity index is 2.19. The van der Waals surface area contributed by atoms with Crippen molar-refractivity contribution in [3.8, 4) is 0 Å². The SMILES string of the molecule is O=[N+]([O-])c1cccc(CNc2cc(F)cc(Cl)c2)c1Br. The second-order valence-electron chi connectivity index (χ2n) is 4.02. The Hall–Kier alpha value is -1.66. The van der Waals surface area contributed by atoms with Crippen LogP contribution in [0.15, 0.2) is 40.9 Å². The average molecular weight is 360 g/mol. The Labute approximate surface area is 127 Å². The molecule has 1 N–H and O–H groups in total. The standard InChI is InChI=1S/C13H9BrClFN2O2/c14-13-8(2-1-3-12(13)18(19)20)7-17-11-5-9(15)4-10(16)6-11/h1-6,17H,7H2. The number of halogens is 3. The fourth-order valence-electron chi connectivity index (χ4n) is 1.70. The maximum Gasteiger partial charge on any atom is 0.283 e. The van der Waals surface area contributed by atoms with Gasteiger partial charge in [-0.2, -0.15) is 0 Å². The van der Waals surface area contributed by atoms with Gasteiger partial charge in [-0.05, 0) is 39.7 Å². The largest absolute Gasteiger partial charge is 0.381 e. The quantitative estimate of drug-likeness (QED) is 0.632. The molecule has 0 unspecified atom stereocenters. The first-order chi connectivity index (χ1) is 9.47. The summed E-state index contributed by atoms with van der Waals surface area (Å²) in [6.07, 6.45) is 0. The molecular weight excluding hydrogens is 351 g/mol. The molecule has 0 heterocycles. The zero-order chi connectivity index (χ0) is 14.7. The zero-order valence-electron chi connectivity index (χ0n) is 10.1. The number of anilines is 1. The Kier molecular flexibility index (Phi) is 4.57. The first-order valence-corrected chi connectivity index (χ1v) is 6.76. The molecular formula is C13H9BrClFN2O2. The molecule has 0 aliphatic heterocycles. The first kappa shape index (κ1) is 14.7. The summed E-state index contributed by atoms with van der Waals surface area (Å²) in [4.78, 5) is 10.4. The van der Waals surface area contributed by atoms with E-state index in [1.165, 1.54) is 18.2 Å². The van der Waals surface area contributed by atoms with Gasteiger partial charge >= 0.3 is 0 Å². The van der Waals surface area contributed by atoms with Gasteiger partial charge in [-0.25, -0.2) is 4.39 Å². The molecule has 20 heavy (non-hydrogen) atoms. The molecule has 0 aliphatic carbocycles. The predicted octanol–water partition coefficient (Wildman–Crippen LogP) is 4.76. The molecule has 0 bridgehead atoms. The topological polar surface area (TPSA) is 55.2 Å². The van der Waals surface area contributed by atoms with E-state index in [0.29, 0.717) is 22.3 Å². The molecule has 0 saturated heterocycles. The molecule has 0 spiro atoms. The molecule has 2 aromatic rings. The van der Waals surface area contributed by atoms with Gasteiger partial charge < -0.3 is 5.32 Å². The van der Waals surface area contributed by atoms with Crippen molar-refractivity contribution in [2.75, 3.05) is 5.32 Å². The van der Waals surface area contributed by atoms with E-state index in [-0.39, 0.29) is 10.7 Å². The lowest BCUT2D eigenvalue weighted by molar-refractivity contribution is -0.385. The molecule has 0 amide bonds. The van der Waals surface area contributed by atoms with E-state index in [4.69, 9.17) is 11.6 Å². The number of hydrogen-bond donors (Lipinski definition) is 1. The summed E-state index contributed by atoms with van der Waals surface area (Å²) in [5.74, 6) is -0.446. The highest BCUT2D eigenvalue weighted by molar-refractivity contribution is 9.10. The molecule has 4 nitrogen and oxygen atoms in total. The summed E-state index contributed by atoms with van der Waals surface area (Å²) in [7, 11) is 0. The van der Waals surface area contributed by atoms with Crippen molar-refractivity contribution in [2.45, 2.75) is 6.54 Å². The maximum atomic E-state index is 13.2. The molecule has 7 heteroatoms. The predicted molar refractivity (Wildman–Crippen MR) is 79.5 cm³/mol. The van der Waals surface area contributed by atoms with Crippen LogP contribution >= 0.6 is 27.5 Å². The maximum absolute atomic E-state index is 13.2. The van der Waals surface area contributed by atoms with Gasteiger partial charge in [0, 0.05) is 23.3 Å². The lowest BCUT2D eigenvalue weighted by Crippen LogP contribution is -2.02.